The molecular formula is C13H19N3O. The number of ether oxygens (including phenoxy) is 1. The van der Waals surface area contributed by atoms with Crippen LogP contribution in [-0.2, 0) is 0 Å². The number of nitrogens with zero attached hydrogens (tertiary/aromatic N) is 2. The first-order chi connectivity index (χ1) is 8.42. The first-order valence-corrected chi connectivity index (χ1v) is 6.50. The van der Waals surface area contributed by atoms with Crippen LogP contribution in [0.1, 0.15) is 19.3 Å². The second kappa shape index (κ2) is 4.92. The quantitative estimate of drug-likeness (QED) is 0.857. The summed E-state index contributed by atoms with van der Waals surface area (Å²) < 4.78 is 5.80. The number of aromatic nitrogens is 1. The molecule has 0 aliphatic carbocycles. The predicted octanol–water partition coefficient (Wildman–Crippen LogP) is 1.42. The Balaban J connectivity index is 1.62. The molecule has 1 N–H and O–H groups in total. The first kappa shape index (κ1) is 10.8. The number of rotatable bonds is 3. The average molecular weight is 233 g/mol. The highest BCUT2D eigenvalue weighted by Crippen LogP contribution is 2.21. The Morgan fingerprint density at radius 3 is 2.82 bits per heavy atom. The van der Waals surface area contributed by atoms with Crippen LogP contribution in [0.2, 0.25) is 0 Å². The standard InChI is InChI=1S/C13H19N3O/c1-2-8-16(7-1)11-3-4-13(15-9-11)17-12-5-6-14-10-12/h3-4,9,12,14H,1-2,5-8,10H2. The summed E-state index contributed by atoms with van der Waals surface area (Å²) in [5, 5.41) is 3.29. The molecule has 1 atom stereocenters. The van der Waals surface area contributed by atoms with E-state index in [0.29, 0.717) is 6.10 Å². The summed E-state index contributed by atoms with van der Waals surface area (Å²) in [6.45, 7) is 4.31. The van der Waals surface area contributed by atoms with Gasteiger partial charge in [-0.2, -0.15) is 0 Å². The van der Waals surface area contributed by atoms with E-state index in [9.17, 15) is 0 Å². The Labute approximate surface area is 102 Å². The van der Waals surface area contributed by atoms with Gasteiger partial charge in [0, 0.05) is 25.7 Å². The summed E-state index contributed by atoms with van der Waals surface area (Å²) in [6, 6.07) is 4.11. The maximum atomic E-state index is 5.80. The van der Waals surface area contributed by atoms with Crippen LogP contribution < -0.4 is 15.0 Å². The largest absolute Gasteiger partial charge is 0.473 e. The normalized spacial score (nSPS) is 24.2. The second-order valence-electron chi connectivity index (χ2n) is 4.78. The molecule has 0 bridgehead atoms. The van der Waals surface area contributed by atoms with Crippen molar-refractivity contribution in [3.8, 4) is 5.88 Å². The third-order valence-electron chi connectivity index (χ3n) is 3.49. The van der Waals surface area contributed by atoms with E-state index in [1.54, 1.807) is 0 Å². The highest BCUT2D eigenvalue weighted by molar-refractivity contribution is 5.46. The minimum absolute atomic E-state index is 0.292. The zero-order chi connectivity index (χ0) is 11.5. The molecule has 1 aromatic rings. The Morgan fingerprint density at radius 2 is 2.18 bits per heavy atom. The summed E-state index contributed by atoms with van der Waals surface area (Å²) in [5.41, 5.74) is 1.22. The van der Waals surface area contributed by atoms with Crippen molar-refractivity contribution in [3.63, 3.8) is 0 Å². The summed E-state index contributed by atoms with van der Waals surface area (Å²) in [6.07, 6.45) is 5.90. The Bertz CT molecular complexity index is 353. The molecule has 0 spiro atoms. The van der Waals surface area contributed by atoms with Crippen LogP contribution in [-0.4, -0.2) is 37.3 Å². The van der Waals surface area contributed by atoms with Crippen LogP contribution in [0, 0.1) is 0 Å². The molecule has 1 aromatic heterocycles. The van der Waals surface area contributed by atoms with E-state index < -0.39 is 0 Å². The molecule has 3 heterocycles. The summed E-state index contributed by atoms with van der Waals surface area (Å²) >= 11 is 0. The zero-order valence-electron chi connectivity index (χ0n) is 10.1. The maximum Gasteiger partial charge on any atom is 0.213 e. The predicted molar refractivity (Wildman–Crippen MR) is 67.6 cm³/mol. The molecule has 92 valence electrons. The SMILES string of the molecule is c1cc(OC2CCNC2)ncc1N1CCCC1. The average Bonchev–Trinajstić information content (AvgIpc) is 3.01. The topological polar surface area (TPSA) is 37.4 Å². The molecule has 0 amide bonds. The van der Waals surface area contributed by atoms with E-state index in [1.165, 1.54) is 18.5 Å². The van der Waals surface area contributed by atoms with Crippen molar-refractivity contribution >= 4 is 5.69 Å². The number of hydrogen-bond donors (Lipinski definition) is 1. The Hall–Kier alpha value is -1.29. The number of nitrogens with one attached hydrogen (secondary N) is 1. The molecule has 0 aromatic carbocycles. The van der Waals surface area contributed by atoms with E-state index in [0.717, 1.165) is 38.5 Å². The smallest absolute Gasteiger partial charge is 0.213 e. The number of hydrogen-bond acceptors (Lipinski definition) is 4. The lowest BCUT2D eigenvalue weighted by Gasteiger charge is -2.17. The van der Waals surface area contributed by atoms with Gasteiger partial charge in [-0.15, -0.1) is 0 Å². The molecule has 2 aliphatic rings. The van der Waals surface area contributed by atoms with Crippen LogP contribution in [0.4, 0.5) is 5.69 Å². The lowest BCUT2D eigenvalue weighted by atomic mass is 10.3. The van der Waals surface area contributed by atoms with Crippen molar-refractivity contribution < 1.29 is 4.74 Å². The van der Waals surface area contributed by atoms with Crippen LogP contribution in [0.3, 0.4) is 0 Å². The van der Waals surface area contributed by atoms with Crippen LogP contribution in [0.5, 0.6) is 5.88 Å². The van der Waals surface area contributed by atoms with Gasteiger partial charge in [0.05, 0.1) is 11.9 Å². The van der Waals surface area contributed by atoms with Crippen LogP contribution >= 0.6 is 0 Å². The third-order valence-corrected chi connectivity index (χ3v) is 3.49. The molecule has 2 saturated heterocycles. The van der Waals surface area contributed by atoms with Gasteiger partial charge in [-0.25, -0.2) is 4.98 Å². The van der Waals surface area contributed by atoms with Crippen molar-refractivity contribution in [1.29, 1.82) is 0 Å². The second-order valence-corrected chi connectivity index (χ2v) is 4.78. The van der Waals surface area contributed by atoms with Gasteiger partial charge in [0.15, 0.2) is 0 Å². The van der Waals surface area contributed by atoms with Gasteiger partial charge in [-0.05, 0) is 31.9 Å². The highest BCUT2D eigenvalue weighted by Gasteiger charge is 2.17. The van der Waals surface area contributed by atoms with E-state index in [-0.39, 0.29) is 0 Å². The molecule has 17 heavy (non-hydrogen) atoms. The summed E-state index contributed by atoms with van der Waals surface area (Å²) in [5.74, 6) is 0.752. The molecule has 4 nitrogen and oxygen atoms in total. The third kappa shape index (κ3) is 2.52. The van der Waals surface area contributed by atoms with Crippen molar-refractivity contribution in [2.75, 3.05) is 31.1 Å². The Kier molecular flexibility index (Phi) is 3.14. The van der Waals surface area contributed by atoms with E-state index in [4.69, 9.17) is 4.74 Å². The van der Waals surface area contributed by atoms with Gasteiger partial charge in [-0.3, -0.25) is 0 Å². The minimum Gasteiger partial charge on any atom is -0.473 e. The highest BCUT2D eigenvalue weighted by atomic mass is 16.5. The molecule has 0 saturated carbocycles. The molecule has 3 rings (SSSR count). The fourth-order valence-corrected chi connectivity index (χ4v) is 2.50. The fraction of sp³-hybridized carbons (Fsp3) is 0.615. The number of pyridine rings is 1. The lowest BCUT2D eigenvalue weighted by molar-refractivity contribution is 0.214. The molecular weight excluding hydrogens is 214 g/mol. The zero-order valence-corrected chi connectivity index (χ0v) is 10.1. The van der Waals surface area contributed by atoms with Crippen LogP contribution in [0.15, 0.2) is 18.3 Å². The van der Waals surface area contributed by atoms with Gasteiger partial charge in [0.2, 0.25) is 5.88 Å². The Morgan fingerprint density at radius 1 is 1.29 bits per heavy atom. The molecule has 4 heteroatoms. The monoisotopic (exact) mass is 233 g/mol. The van der Waals surface area contributed by atoms with E-state index >= 15 is 0 Å². The van der Waals surface area contributed by atoms with Gasteiger partial charge < -0.3 is 15.0 Å². The fourth-order valence-electron chi connectivity index (χ4n) is 2.50. The van der Waals surface area contributed by atoms with Gasteiger partial charge in [0.25, 0.3) is 0 Å². The van der Waals surface area contributed by atoms with Crippen molar-refractivity contribution in [2.45, 2.75) is 25.4 Å². The van der Waals surface area contributed by atoms with Crippen molar-refractivity contribution in [2.24, 2.45) is 0 Å². The van der Waals surface area contributed by atoms with E-state index in [2.05, 4.69) is 21.3 Å². The number of anilines is 1. The minimum atomic E-state index is 0.292. The maximum absolute atomic E-state index is 5.80. The lowest BCUT2D eigenvalue weighted by Crippen LogP contribution is -2.20. The molecule has 2 fully saturated rings. The van der Waals surface area contributed by atoms with Crippen LogP contribution in [0.25, 0.3) is 0 Å². The first-order valence-electron chi connectivity index (χ1n) is 6.50. The summed E-state index contributed by atoms with van der Waals surface area (Å²) in [4.78, 5) is 6.78. The van der Waals surface area contributed by atoms with Crippen molar-refractivity contribution in [1.82, 2.24) is 10.3 Å². The molecule has 2 aliphatic heterocycles. The molecule has 0 radical (unpaired) electrons. The van der Waals surface area contributed by atoms with Gasteiger partial charge >= 0.3 is 0 Å². The van der Waals surface area contributed by atoms with Gasteiger partial charge in [0.1, 0.15) is 6.10 Å². The van der Waals surface area contributed by atoms with Crippen molar-refractivity contribution in [3.05, 3.63) is 18.3 Å². The molecule has 1 unspecified atom stereocenters. The summed E-state index contributed by atoms with van der Waals surface area (Å²) in [7, 11) is 0. The van der Waals surface area contributed by atoms with E-state index in [1.807, 2.05) is 12.3 Å². The van der Waals surface area contributed by atoms with Gasteiger partial charge in [-0.1, -0.05) is 0 Å².